The molecule has 2 aromatic rings. The second-order valence-corrected chi connectivity index (χ2v) is 4.35. The number of carbonyl (C=O) groups excluding carboxylic acids is 1. The molecule has 2 amide bonds. The minimum Gasteiger partial charge on any atom is -0.307 e. The Kier molecular flexibility index (Phi) is 1.36. The van der Waals surface area contributed by atoms with E-state index in [1.165, 1.54) is 0 Å². The summed E-state index contributed by atoms with van der Waals surface area (Å²) >= 11 is 1.59. The highest BCUT2D eigenvalue weighted by molar-refractivity contribution is 7.19. The van der Waals surface area contributed by atoms with Crippen LogP contribution in [0.15, 0.2) is 12.3 Å². The second kappa shape index (κ2) is 2.45. The van der Waals surface area contributed by atoms with E-state index in [4.69, 9.17) is 0 Å². The van der Waals surface area contributed by atoms with Crippen molar-refractivity contribution in [1.29, 1.82) is 0 Å². The second-order valence-electron chi connectivity index (χ2n) is 3.15. The summed E-state index contributed by atoms with van der Waals surface area (Å²) in [5.74, 6) is 0. The molecule has 0 aliphatic carbocycles. The molecule has 70 valence electrons. The molecule has 3 heterocycles. The van der Waals surface area contributed by atoms with Gasteiger partial charge in [0.15, 0.2) is 0 Å². The summed E-state index contributed by atoms with van der Waals surface area (Å²) in [6, 6.07) is 1.64. The quantitative estimate of drug-likeness (QED) is 0.694. The Balaban J connectivity index is 2.47. The smallest absolute Gasteiger partial charge is 0.307 e. The molecular formula is C9H7N3OS. The molecule has 0 fully saturated rings. The highest BCUT2D eigenvalue weighted by Crippen LogP contribution is 2.40. The standard InChI is InChI=1S/C9H7N3OS/c1-4-7-6-5(11-9(13)12-7)2-3-10-8(6)14-4/h2-3H,1H3,(H2,11,12,13). The predicted molar refractivity (Wildman–Crippen MR) is 57.0 cm³/mol. The van der Waals surface area contributed by atoms with Crippen molar-refractivity contribution in [2.45, 2.75) is 6.92 Å². The number of aryl methyl sites for hydroxylation is 1. The molecule has 0 unspecified atom stereocenters. The number of aromatic nitrogens is 1. The number of carbonyl (C=O) groups is 1. The Morgan fingerprint density at radius 2 is 2.29 bits per heavy atom. The van der Waals surface area contributed by atoms with Crippen LogP contribution in [0.5, 0.6) is 0 Å². The zero-order valence-electron chi connectivity index (χ0n) is 7.42. The van der Waals surface area contributed by atoms with Crippen molar-refractivity contribution >= 4 is 39.0 Å². The first-order valence-corrected chi connectivity index (χ1v) is 5.03. The van der Waals surface area contributed by atoms with Crippen molar-refractivity contribution in [3.63, 3.8) is 0 Å². The van der Waals surface area contributed by atoms with Gasteiger partial charge in [0, 0.05) is 11.1 Å². The largest absolute Gasteiger partial charge is 0.323 e. The molecule has 4 nitrogen and oxygen atoms in total. The Bertz CT molecular complexity index is 546. The average molecular weight is 205 g/mol. The van der Waals surface area contributed by atoms with Crippen molar-refractivity contribution in [2.75, 3.05) is 10.6 Å². The Morgan fingerprint density at radius 1 is 1.43 bits per heavy atom. The van der Waals surface area contributed by atoms with Crippen LogP contribution in [0.2, 0.25) is 0 Å². The average Bonchev–Trinajstić information content (AvgIpc) is 2.45. The number of nitrogens with zero attached hydrogens (tertiary/aromatic N) is 1. The zero-order valence-corrected chi connectivity index (χ0v) is 8.23. The maximum atomic E-state index is 11.3. The van der Waals surface area contributed by atoms with E-state index in [0.717, 1.165) is 26.5 Å². The number of anilines is 2. The molecule has 3 rings (SSSR count). The fourth-order valence-corrected chi connectivity index (χ4v) is 2.63. The summed E-state index contributed by atoms with van der Waals surface area (Å²) in [5.41, 5.74) is 1.75. The van der Waals surface area contributed by atoms with Crippen LogP contribution < -0.4 is 10.6 Å². The summed E-state index contributed by atoms with van der Waals surface area (Å²) in [5, 5.41) is 6.57. The first-order chi connectivity index (χ1) is 6.75. The Hall–Kier alpha value is -1.62. The van der Waals surface area contributed by atoms with Crippen molar-refractivity contribution in [3.8, 4) is 0 Å². The number of hydrogen-bond acceptors (Lipinski definition) is 3. The van der Waals surface area contributed by atoms with Gasteiger partial charge >= 0.3 is 6.03 Å². The third-order valence-corrected chi connectivity index (χ3v) is 3.27. The van der Waals surface area contributed by atoms with Gasteiger partial charge in [0.25, 0.3) is 0 Å². The number of urea groups is 1. The lowest BCUT2D eigenvalue weighted by atomic mass is 10.2. The maximum absolute atomic E-state index is 11.3. The summed E-state index contributed by atoms with van der Waals surface area (Å²) in [7, 11) is 0. The SMILES string of the molecule is Cc1sc2nccc3c2c1NC(=O)N3. The number of pyridine rings is 1. The van der Waals surface area contributed by atoms with Gasteiger partial charge < -0.3 is 10.6 Å². The van der Waals surface area contributed by atoms with Crippen molar-refractivity contribution in [1.82, 2.24) is 4.98 Å². The molecule has 14 heavy (non-hydrogen) atoms. The van der Waals surface area contributed by atoms with Crippen LogP contribution in [-0.2, 0) is 0 Å². The van der Waals surface area contributed by atoms with Crippen molar-refractivity contribution in [2.24, 2.45) is 0 Å². The molecule has 0 saturated heterocycles. The fraction of sp³-hybridized carbons (Fsp3) is 0.111. The van der Waals surface area contributed by atoms with Crippen LogP contribution in [-0.4, -0.2) is 11.0 Å². The first kappa shape index (κ1) is 7.75. The third-order valence-electron chi connectivity index (χ3n) is 2.25. The summed E-state index contributed by atoms with van der Waals surface area (Å²) in [4.78, 5) is 17.6. The minimum absolute atomic E-state index is 0.175. The lowest BCUT2D eigenvalue weighted by molar-refractivity contribution is 0.262. The van der Waals surface area contributed by atoms with Gasteiger partial charge in [0.05, 0.1) is 16.8 Å². The highest BCUT2D eigenvalue weighted by Gasteiger charge is 2.20. The van der Waals surface area contributed by atoms with E-state index in [9.17, 15) is 4.79 Å². The van der Waals surface area contributed by atoms with Crippen molar-refractivity contribution < 1.29 is 4.79 Å². The molecule has 0 spiro atoms. The molecule has 5 heteroatoms. The van der Waals surface area contributed by atoms with Crippen molar-refractivity contribution in [3.05, 3.63) is 17.1 Å². The van der Waals surface area contributed by atoms with Gasteiger partial charge in [-0.3, -0.25) is 0 Å². The van der Waals surface area contributed by atoms with Gasteiger partial charge in [-0.05, 0) is 13.0 Å². The molecule has 0 aromatic carbocycles. The van der Waals surface area contributed by atoms with Crippen LogP contribution in [0, 0.1) is 6.92 Å². The highest BCUT2D eigenvalue weighted by atomic mass is 32.1. The van der Waals surface area contributed by atoms with Gasteiger partial charge in [-0.25, -0.2) is 9.78 Å². The van der Waals surface area contributed by atoms with E-state index in [1.807, 2.05) is 13.0 Å². The van der Waals surface area contributed by atoms with Crippen LogP contribution in [0.3, 0.4) is 0 Å². The number of rotatable bonds is 0. The first-order valence-electron chi connectivity index (χ1n) is 4.22. The van der Waals surface area contributed by atoms with Gasteiger partial charge in [0.1, 0.15) is 4.83 Å². The molecule has 1 aliphatic heterocycles. The van der Waals surface area contributed by atoms with Crippen LogP contribution in [0.25, 0.3) is 10.2 Å². The lowest BCUT2D eigenvalue weighted by Gasteiger charge is -2.15. The predicted octanol–water partition coefficient (Wildman–Crippen LogP) is 2.56. The zero-order chi connectivity index (χ0) is 9.71. The monoisotopic (exact) mass is 205 g/mol. The molecule has 0 atom stereocenters. The Labute approximate surface area is 84.0 Å². The Morgan fingerprint density at radius 3 is 3.14 bits per heavy atom. The van der Waals surface area contributed by atoms with E-state index in [0.29, 0.717) is 0 Å². The van der Waals surface area contributed by atoms with E-state index in [2.05, 4.69) is 15.6 Å². The topological polar surface area (TPSA) is 54.0 Å². The lowest BCUT2D eigenvalue weighted by Crippen LogP contribution is -2.23. The fourth-order valence-electron chi connectivity index (χ4n) is 1.66. The van der Waals surface area contributed by atoms with Crippen LogP contribution in [0.4, 0.5) is 16.2 Å². The molecule has 2 N–H and O–H groups in total. The molecular weight excluding hydrogens is 198 g/mol. The van der Waals surface area contributed by atoms with Crippen LogP contribution in [0.1, 0.15) is 4.88 Å². The molecule has 1 aliphatic rings. The van der Waals surface area contributed by atoms with Gasteiger partial charge in [-0.15, -0.1) is 11.3 Å². The minimum atomic E-state index is -0.175. The number of hydrogen-bond donors (Lipinski definition) is 2. The van der Waals surface area contributed by atoms with Gasteiger partial charge in [-0.1, -0.05) is 0 Å². The molecule has 0 bridgehead atoms. The summed E-state index contributed by atoms with van der Waals surface area (Å²) in [6.07, 6.45) is 1.71. The summed E-state index contributed by atoms with van der Waals surface area (Å²) in [6.45, 7) is 1.98. The number of thiophene rings is 1. The maximum Gasteiger partial charge on any atom is 0.323 e. The normalized spacial score (nSPS) is 13.9. The number of nitrogens with one attached hydrogen (secondary N) is 2. The van der Waals surface area contributed by atoms with Gasteiger partial charge in [-0.2, -0.15) is 0 Å². The van der Waals surface area contributed by atoms with Gasteiger partial charge in [0.2, 0.25) is 0 Å². The molecule has 0 radical (unpaired) electrons. The molecule has 0 saturated carbocycles. The van der Waals surface area contributed by atoms with E-state index in [-0.39, 0.29) is 6.03 Å². The summed E-state index contributed by atoms with van der Waals surface area (Å²) < 4.78 is 0. The number of amides is 2. The van der Waals surface area contributed by atoms with E-state index in [1.54, 1.807) is 17.5 Å². The molecule has 2 aromatic heterocycles. The van der Waals surface area contributed by atoms with E-state index < -0.39 is 0 Å². The van der Waals surface area contributed by atoms with E-state index >= 15 is 0 Å². The van der Waals surface area contributed by atoms with Crippen LogP contribution >= 0.6 is 11.3 Å². The third kappa shape index (κ3) is 0.871.